The highest BCUT2D eigenvalue weighted by Gasteiger charge is 2.36. The molecule has 6 nitrogen and oxygen atoms in total. The Balaban J connectivity index is 1.56. The molecule has 0 aromatic heterocycles. The Labute approximate surface area is 194 Å². The van der Waals surface area contributed by atoms with Crippen LogP contribution in [0.1, 0.15) is 5.56 Å². The lowest BCUT2D eigenvalue weighted by atomic mass is 10.0. The molecule has 1 aliphatic rings. The number of methoxy groups -OCH3 is 1. The van der Waals surface area contributed by atoms with Gasteiger partial charge in [-0.3, -0.25) is 19.3 Å². The molecule has 8 heteroatoms. The Bertz CT molecular complexity index is 1260. The Morgan fingerprint density at radius 3 is 2.72 bits per heavy atom. The van der Waals surface area contributed by atoms with Crippen molar-refractivity contribution in [3.05, 3.63) is 71.1 Å². The molecular weight excluding hydrogens is 444 g/mol. The summed E-state index contributed by atoms with van der Waals surface area (Å²) in [5.74, 6) is -0.334. The van der Waals surface area contributed by atoms with Crippen molar-refractivity contribution in [1.29, 1.82) is 0 Å². The summed E-state index contributed by atoms with van der Waals surface area (Å²) in [6, 6.07) is 18.9. The molecule has 0 saturated carbocycles. The van der Waals surface area contributed by atoms with E-state index in [9.17, 15) is 14.4 Å². The van der Waals surface area contributed by atoms with Crippen LogP contribution in [0.2, 0.25) is 0 Å². The van der Waals surface area contributed by atoms with Crippen LogP contribution in [0.25, 0.3) is 16.8 Å². The van der Waals surface area contributed by atoms with Crippen LogP contribution >= 0.6 is 23.5 Å². The fraction of sp³-hybridized carbons (Fsp3) is 0.125. The van der Waals surface area contributed by atoms with Crippen molar-refractivity contribution < 1.29 is 19.1 Å². The third-order valence-electron chi connectivity index (χ3n) is 4.95. The van der Waals surface area contributed by atoms with Gasteiger partial charge in [-0.15, -0.1) is 11.8 Å². The van der Waals surface area contributed by atoms with Gasteiger partial charge in [0.05, 0.1) is 12.0 Å². The maximum absolute atomic E-state index is 12.9. The standard InChI is InChI=1S/C24H20N2O4S2/c1-30-20-11-10-15-6-3-4-9-18(15)19(20)13-21-23(28)26(24(29)32-21)14-22(27)25-16-7-5-8-17(12-16)31-2/h3-13H,14H2,1-2H3,(H,25,27)/b21-13+. The van der Waals surface area contributed by atoms with Crippen molar-refractivity contribution in [3.8, 4) is 5.75 Å². The monoisotopic (exact) mass is 464 g/mol. The molecule has 0 aliphatic carbocycles. The molecule has 1 aliphatic heterocycles. The molecule has 0 bridgehead atoms. The quantitative estimate of drug-likeness (QED) is 0.397. The molecule has 4 rings (SSSR count). The highest BCUT2D eigenvalue weighted by atomic mass is 32.2. The second-order valence-corrected chi connectivity index (χ2v) is 8.82. The van der Waals surface area contributed by atoms with Gasteiger partial charge in [-0.1, -0.05) is 36.4 Å². The molecule has 32 heavy (non-hydrogen) atoms. The number of hydrogen-bond acceptors (Lipinski definition) is 6. The molecule has 1 N–H and O–H groups in total. The zero-order valence-corrected chi connectivity index (χ0v) is 19.1. The topological polar surface area (TPSA) is 75.7 Å². The number of carbonyl (C=O) groups excluding carboxylic acids is 3. The SMILES string of the molecule is COc1ccc2ccccc2c1/C=C1/SC(=O)N(CC(=O)Nc2cccc(SC)c2)C1=O. The van der Waals surface area contributed by atoms with Crippen molar-refractivity contribution in [2.24, 2.45) is 0 Å². The van der Waals surface area contributed by atoms with Gasteiger partial charge in [0, 0.05) is 16.1 Å². The van der Waals surface area contributed by atoms with Gasteiger partial charge in [0.25, 0.3) is 11.1 Å². The Hall–Kier alpha value is -3.23. The minimum atomic E-state index is -0.497. The van der Waals surface area contributed by atoms with Gasteiger partial charge in [-0.05, 0) is 59.1 Å². The number of rotatable bonds is 6. The fourth-order valence-corrected chi connectivity index (χ4v) is 4.69. The molecule has 1 saturated heterocycles. The third kappa shape index (κ3) is 4.51. The maximum atomic E-state index is 12.9. The summed E-state index contributed by atoms with van der Waals surface area (Å²) in [5, 5.41) is 4.17. The Kier molecular flexibility index (Phi) is 6.53. The number of fused-ring (bicyclic) bond motifs is 1. The first kappa shape index (κ1) is 22.0. The highest BCUT2D eigenvalue weighted by molar-refractivity contribution is 8.18. The number of ether oxygens (including phenoxy) is 1. The average Bonchev–Trinajstić information content (AvgIpc) is 3.06. The van der Waals surface area contributed by atoms with E-state index >= 15 is 0 Å². The molecule has 3 aromatic carbocycles. The maximum Gasteiger partial charge on any atom is 0.294 e. The zero-order valence-electron chi connectivity index (χ0n) is 17.5. The second kappa shape index (κ2) is 9.50. The van der Waals surface area contributed by atoms with Crippen LogP contribution in [0.5, 0.6) is 5.75 Å². The molecule has 0 spiro atoms. The first-order valence-electron chi connectivity index (χ1n) is 9.75. The van der Waals surface area contributed by atoms with E-state index < -0.39 is 17.1 Å². The van der Waals surface area contributed by atoms with Crippen LogP contribution in [0.15, 0.2) is 70.5 Å². The number of nitrogens with zero attached hydrogens (tertiary/aromatic N) is 1. The van der Waals surface area contributed by atoms with Crippen LogP contribution in [0, 0.1) is 0 Å². The number of hydrogen-bond donors (Lipinski definition) is 1. The molecule has 0 unspecified atom stereocenters. The van der Waals surface area contributed by atoms with Gasteiger partial charge >= 0.3 is 0 Å². The van der Waals surface area contributed by atoms with Crippen LogP contribution in [-0.2, 0) is 9.59 Å². The molecule has 1 heterocycles. The van der Waals surface area contributed by atoms with Gasteiger partial charge in [0.1, 0.15) is 12.3 Å². The average molecular weight is 465 g/mol. The van der Waals surface area contributed by atoms with Crippen molar-refractivity contribution in [2.45, 2.75) is 4.90 Å². The first-order chi connectivity index (χ1) is 15.5. The van der Waals surface area contributed by atoms with E-state index in [1.54, 1.807) is 31.0 Å². The number of anilines is 1. The minimum Gasteiger partial charge on any atom is -0.496 e. The van der Waals surface area contributed by atoms with Crippen molar-refractivity contribution >= 4 is 63.1 Å². The summed E-state index contributed by atoms with van der Waals surface area (Å²) >= 11 is 2.38. The second-order valence-electron chi connectivity index (χ2n) is 6.95. The summed E-state index contributed by atoms with van der Waals surface area (Å²) < 4.78 is 5.47. The number of thioether (sulfide) groups is 2. The molecule has 0 radical (unpaired) electrons. The number of amides is 3. The van der Waals surface area contributed by atoms with E-state index in [2.05, 4.69) is 5.32 Å². The lowest BCUT2D eigenvalue weighted by molar-refractivity contribution is -0.127. The normalized spacial score (nSPS) is 14.9. The summed E-state index contributed by atoms with van der Waals surface area (Å²) in [7, 11) is 1.56. The van der Waals surface area contributed by atoms with E-state index in [4.69, 9.17) is 4.74 Å². The molecule has 3 aromatic rings. The fourth-order valence-electron chi connectivity index (χ4n) is 3.41. The summed E-state index contributed by atoms with van der Waals surface area (Å²) in [4.78, 5) is 40.1. The third-order valence-corrected chi connectivity index (χ3v) is 6.59. The van der Waals surface area contributed by atoms with Gasteiger partial charge in [0.2, 0.25) is 5.91 Å². The summed E-state index contributed by atoms with van der Waals surface area (Å²) in [6.45, 7) is -0.349. The summed E-state index contributed by atoms with van der Waals surface area (Å²) in [5.41, 5.74) is 1.33. The molecular formula is C24H20N2O4S2. The molecule has 0 atom stereocenters. The predicted octanol–water partition coefficient (Wildman–Crippen LogP) is 5.25. The molecule has 3 amide bonds. The van der Waals surface area contributed by atoms with Crippen LogP contribution in [-0.4, -0.2) is 41.9 Å². The Morgan fingerprint density at radius 2 is 1.94 bits per heavy atom. The Morgan fingerprint density at radius 1 is 1.12 bits per heavy atom. The highest BCUT2D eigenvalue weighted by Crippen LogP contribution is 2.36. The van der Waals surface area contributed by atoms with Crippen LogP contribution in [0.3, 0.4) is 0 Å². The first-order valence-corrected chi connectivity index (χ1v) is 11.8. The molecule has 1 fully saturated rings. The lowest BCUT2D eigenvalue weighted by Crippen LogP contribution is -2.36. The van der Waals surface area contributed by atoms with Crippen molar-refractivity contribution in [2.75, 3.05) is 25.2 Å². The number of carbonyl (C=O) groups is 3. The van der Waals surface area contributed by atoms with Crippen LogP contribution < -0.4 is 10.1 Å². The largest absolute Gasteiger partial charge is 0.496 e. The smallest absolute Gasteiger partial charge is 0.294 e. The minimum absolute atomic E-state index is 0.252. The zero-order chi connectivity index (χ0) is 22.7. The van der Waals surface area contributed by atoms with Gasteiger partial charge in [0.15, 0.2) is 0 Å². The van der Waals surface area contributed by atoms with Gasteiger partial charge < -0.3 is 10.1 Å². The number of imide groups is 1. The van der Waals surface area contributed by atoms with E-state index in [0.29, 0.717) is 11.4 Å². The van der Waals surface area contributed by atoms with Crippen molar-refractivity contribution in [1.82, 2.24) is 4.90 Å². The summed E-state index contributed by atoms with van der Waals surface area (Å²) in [6.07, 6.45) is 3.60. The van der Waals surface area contributed by atoms with E-state index in [1.807, 2.05) is 60.9 Å². The van der Waals surface area contributed by atoms with Crippen LogP contribution in [0.4, 0.5) is 10.5 Å². The number of benzene rings is 3. The van der Waals surface area contributed by atoms with Gasteiger partial charge in [-0.2, -0.15) is 0 Å². The van der Waals surface area contributed by atoms with E-state index in [1.165, 1.54) is 0 Å². The van der Waals surface area contributed by atoms with Crippen molar-refractivity contribution in [3.63, 3.8) is 0 Å². The van der Waals surface area contributed by atoms with E-state index in [0.717, 1.165) is 37.9 Å². The lowest BCUT2D eigenvalue weighted by Gasteiger charge is -2.13. The predicted molar refractivity (Wildman–Crippen MR) is 130 cm³/mol. The number of nitrogens with one attached hydrogen (secondary N) is 1. The molecule has 162 valence electrons. The van der Waals surface area contributed by atoms with E-state index in [-0.39, 0.29) is 11.4 Å². The van der Waals surface area contributed by atoms with Gasteiger partial charge in [-0.25, -0.2) is 0 Å².